The Morgan fingerprint density at radius 2 is 2.33 bits per heavy atom. The van der Waals surface area contributed by atoms with E-state index in [-0.39, 0.29) is 11.7 Å². The lowest BCUT2D eigenvalue weighted by atomic mass is 10.3. The molecule has 1 rings (SSSR count). The molecule has 1 atom stereocenters. The van der Waals surface area contributed by atoms with Crippen LogP contribution in [0, 0.1) is 0 Å². The monoisotopic (exact) mass is 230 g/mol. The molecule has 0 unspecified atom stereocenters. The van der Waals surface area contributed by atoms with Crippen molar-refractivity contribution in [3.05, 3.63) is 16.9 Å². The zero-order valence-electron chi connectivity index (χ0n) is 9.16. The van der Waals surface area contributed by atoms with Crippen molar-refractivity contribution >= 4 is 17.6 Å². The van der Waals surface area contributed by atoms with Crippen molar-refractivity contribution in [2.24, 2.45) is 0 Å². The second-order valence-electron chi connectivity index (χ2n) is 3.28. The molecule has 0 aliphatic carbocycles. The molecule has 0 saturated carbocycles. The van der Waals surface area contributed by atoms with Crippen LogP contribution < -0.4 is 0 Å². The van der Waals surface area contributed by atoms with Gasteiger partial charge in [0.15, 0.2) is 5.69 Å². The molecule has 5 heteroatoms. The first-order chi connectivity index (χ1) is 7.10. The molecule has 0 N–H and O–H groups in total. The molecule has 0 radical (unpaired) electrons. The predicted octanol–water partition coefficient (Wildman–Crippen LogP) is 2.68. The topological polar surface area (TPSA) is 44.1 Å². The highest BCUT2D eigenvalue weighted by atomic mass is 35.5. The predicted molar refractivity (Wildman–Crippen MR) is 58.2 cm³/mol. The van der Waals surface area contributed by atoms with E-state index in [1.165, 1.54) is 0 Å². The average molecular weight is 231 g/mol. The van der Waals surface area contributed by atoms with Crippen LogP contribution in [0.5, 0.6) is 0 Å². The van der Waals surface area contributed by atoms with Gasteiger partial charge in [0, 0.05) is 12.2 Å². The SMILES string of the molecule is CCOC(=O)c1nn([C@H](C)CC)cc1Cl. The molecule has 1 heterocycles. The molecule has 0 aliphatic heterocycles. The maximum atomic E-state index is 11.4. The van der Waals surface area contributed by atoms with Gasteiger partial charge in [0.25, 0.3) is 0 Å². The lowest BCUT2D eigenvalue weighted by molar-refractivity contribution is 0.0518. The van der Waals surface area contributed by atoms with Crippen molar-refractivity contribution < 1.29 is 9.53 Å². The summed E-state index contributed by atoms with van der Waals surface area (Å²) >= 11 is 5.89. The summed E-state index contributed by atoms with van der Waals surface area (Å²) in [5.74, 6) is -0.468. The van der Waals surface area contributed by atoms with Gasteiger partial charge < -0.3 is 4.74 Å². The number of halogens is 1. The van der Waals surface area contributed by atoms with E-state index in [0.29, 0.717) is 11.6 Å². The summed E-state index contributed by atoms with van der Waals surface area (Å²) in [6.45, 7) is 6.13. The molecule has 0 aromatic carbocycles. The molecule has 15 heavy (non-hydrogen) atoms. The highest BCUT2D eigenvalue weighted by Crippen LogP contribution is 2.19. The Morgan fingerprint density at radius 1 is 1.67 bits per heavy atom. The summed E-state index contributed by atoms with van der Waals surface area (Å²) in [6.07, 6.45) is 2.59. The minimum atomic E-state index is -0.468. The Labute approximate surface area is 94.2 Å². The van der Waals surface area contributed by atoms with Crippen molar-refractivity contribution in [3.63, 3.8) is 0 Å². The molecule has 0 amide bonds. The van der Waals surface area contributed by atoms with E-state index < -0.39 is 5.97 Å². The number of esters is 1. The molecule has 0 saturated heterocycles. The summed E-state index contributed by atoms with van der Waals surface area (Å²) in [4.78, 5) is 11.4. The standard InChI is InChI=1S/C10H15ClN2O2/c1-4-7(3)13-6-8(11)9(12-13)10(14)15-5-2/h6-7H,4-5H2,1-3H3/t7-/m1/s1. The zero-order chi connectivity index (χ0) is 11.4. The molecule has 0 aliphatic rings. The number of hydrogen-bond acceptors (Lipinski definition) is 3. The third kappa shape index (κ3) is 2.72. The van der Waals surface area contributed by atoms with Crippen molar-refractivity contribution in [2.45, 2.75) is 33.2 Å². The molecule has 0 fully saturated rings. The molecular formula is C10H15ClN2O2. The van der Waals surface area contributed by atoms with E-state index in [0.717, 1.165) is 6.42 Å². The normalized spacial score (nSPS) is 12.5. The summed E-state index contributed by atoms with van der Waals surface area (Å²) in [7, 11) is 0. The van der Waals surface area contributed by atoms with Gasteiger partial charge in [-0.1, -0.05) is 18.5 Å². The molecule has 0 spiro atoms. The van der Waals surface area contributed by atoms with Gasteiger partial charge in [-0.25, -0.2) is 4.79 Å². The van der Waals surface area contributed by atoms with Gasteiger partial charge in [-0.05, 0) is 20.3 Å². The fraction of sp³-hybridized carbons (Fsp3) is 0.600. The minimum Gasteiger partial charge on any atom is -0.461 e. The van der Waals surface area contributed by atoms with Crippen molar-refractivity contribution in [1.29, 1.82) is 0 Å². The van der Waals surface area contributed by atoms with Gasteiger partial charge in [-0.2, -0.15) is 5.10 Å². The molecule has 4 nitrogen and oxygen atoms in total. The van der Waals surface area contributed by atoms with Gasteiger partial charge in [0.1, 0.15) is 0 Å². The highest BCUT2D eigenvalue weighted by Gasteiger charge is 2.17. The van der Waals surface area contributed by atoms with Crippen LogP contribution in [0.25, 0.3) is 0 Å². The number of ether oxygens (including phenoxy) is 1. The quantitative estimate of drug-likeness (QED) is 0.747. The van der Waals surface area contributed by atoms with Gasteiger partial charge in [0.05, 0.1) is 11.6 Å². The van der Waals surface area contributed by atoms with Crippen molar-refractivity contribution in [2.75, 3.05) is 6.61 Å². The Bertz CT molecular complexity index is 349. The van der Waals surface area contributed by atoms with Crippen LogP contribution in [-0.4, -0.2) is 22.4 Å². The van der Waals surface area contributed by atoms with E-state index in [4.69, 9.17) is 16.3 Å². The maximum Gasteiger partial charge on any atom is 0.360 e. The van der Waals surface area contributed by atoms with E-state index >= 15 is 0 Å². The zero-order valence-corrected chi connectivity index (χ0v) is 9.91. The van der Waals surface area contributed by atoms with E-state index in [1.807, 2.05) is 13.8 Å². The lowest BCUT2D eigenvalue weighted by Gasteiger charge is -2.07. The van der Waals surface area contributed by atoms with E-state index in [9.17, 15) is 4.79 Å². The second-order valence-corrected chi connectivity index (χ2v) is 3.69. The Morgan fingerprint density at radius 3 is 2.87 bits per heavy atom. The summed E-state index contributed by atoms with van der Waals surface area (Å²) in [5.41, 5.74) is 0.193. The molecule has 1 aromatic rings. The van der Waals surface area contributed by atoms with E-state index in [1.54, 1.807) is 17.8 Å². The van der Waals surface area contributed by atoms with Crippen molar-refractivity contribution in [1.82, 2.24) is 9.78 Å². The van der Waals surface area contributed by atoms with Crippen LogP contribution in [0.2, 0.25) is 5.02 Å². The van der Waals surface area contributed by atoms with Gasteiger partial charge in [-0.15, -0.1) is 0 Å². The van der Waals surface area contributed by atoms with Crippen LogP contribution in [0.1, 0.15) is 43.7 Å². The van der Waals surface area contributed by atoms with E-state index in [2.05, 4.69) is 5.10 Å². The first kappa shape index (κ1) is 12.0. The number of nitrogens with zero attached hydrogens (tertiary/aromatic N) is 2. The molecule has 1 aromatic heterocycles. The summed E-state index contributed by atoms with van der Waals surface area (Å²) in [6, 6.07) is 0.227. The fourth-order valence-corrected chi connectivity index (χ4v) is 1.33. The number of carbonyl (C=O) groups excluding carboxylic acids is 1. The Hall–Kier alpha value is -1.03. The van der Waals surface area contributed by atoms with Crippen LogP contribution >= 0.6 is 11.6 Å². The average Bonchev–Trinajstić information content (AvgIpc) is 2.59. The number of hydrogen-bond donors (Lipinski definition) is 0. The van der Waals surface area contributed by atoms with Crippen LogP contribution in [0.4, 0.5) is 0 Å². The second kappa shape index (κ2) is 5.16. The molecule has 84 valence electrons. The van der Waals surface area contributed by atoms with Gasteiger partial charge in [0.2, 0.25) is 0 Å². The smallest absolute Gasteiger partial charge is 0.360 e. The van der Waals surface area contributed by atoms with Gasteiger partial charge >= 0.3 is 5.97 Å². The third-order valence-electron chi connectivity index (χ3n) is 2.20. The minimum absolute atomic E-state index is 0.193. The lowest BCUT2D eigenvalue weighted by Crippen LogP contribution is -2.09. The Balaban J connectivity index is 2.90. The molecular weight excluding hydrogens is 216 g/mol. The van der Waals surface area contributed by atoms with Crippen LogP contribution in [0.15, 0.2) is 6.20 Å². The fourth-order valence-electron chi connectivity index (χ4n) is 1.12. The largest absolute Gasteiger partial charge is 0.461 e. The summed E-state index contributed by atoms with van der Waals surface area (Å²) in [5, 5.41) is 4.45. The van der Waals surface area contributed by atoms with Crippen molar-refractivity contribution in [3.8, 4) is 0 Å². The molecule has 0 bridgehead atoms. The highest BCUT2D eigenvalue weighted by molar-refractivity contribution is 6.33. The van der Waals surface area contributed by atoms with Crippen LogP contribution in [0.3, 0.4) is 0 Å². The van der Waals surface area contributed by atoms with Crippen LogP contribution in [-0.2, 0) is 4.74 Å². The van der Waals surface area contributed by atoms with Gasteiger partial charge in [-0.3, -0.25) is 4.68 Å². The first-order valence-electron chi connectivity index (χ1n) is 5.01. The number of carbonyl (C=O) groups is 1. The number of rotatable bonds is 4. The number of aromatic nitrogens is 2. The first-order valence-corrected chi connectivity index (χ1v) is 5.39. The Kier molecular flexibility index (Phi) is 4.15. The maximum absolute atomic E-state index is 11.4. The third-order valence-corrected chi connectivity index (χ3v) is 2.48. The summed E-state index contributed by atoms with van der Waals surface area (Å²) < 4.78 is 6.53.